The lowest BCUT2D eigenvalue weighted by atomic mass is 10.2. The van der Waals surface area contributed by atoms with E-state index in [1.54, 1.807) is 43.5 Å². The molecule has 0 atom stereocenters. The average Bonchev–Trinajstić information content (AvgIpc) is 3.32. The second kappa shape index (κ2) is 6.17. The largest absolute Gasteiger partial charge is 0.454 e. The van der Waals surface area contributed by atoms with Gasteiger partial charge in [-0.3, -0.25) is 0 Å². The van der Waals surface area contributed by atoms with Gasteiger partial charge in [0.05, 0.1) is 11.1 Å². The number of hydrogen-bond acceptors (Lipinski definition) is 7. The lowest BCUT2D eigenvalue weighted by Crippen LogP contribution is -2.22. The van der Waals surface area contributed by atoms with Crippen molar-refractivity contribution in [3.8, 4) is 22.1 Å². The Balaban J connectivity index is 1.49. The van der Waals surface area contributed by atoms with Gasteiger partial charge in [-0.15, -0.1) is 11.3 Å². The normalized spacial score (nSPS) is 13.3. The summed E-state index contributed by atoms with van der Waals surface area (Å²) in [4.78, 5) is 4.73. The predicted octanol–water partition coefficient (Wildman–Crippen LogP) is 2.92. The molecule has 0 unspecified atom stereocenters. The summed E-state index contributed by atoms with van der Waals surface area (Å²) in [6.45, 7) is 2.08. The molecule has 130 valence electrons. The third kappa shape index (κ3) is 3.26. The standard InChI is InChI=1S/C16H14N2O5S2/c1-10-17-8-14(23-10)15-4-5-16(24-15)25(19,20)18-7-11-2-3-12-13(6-11)22-9-21-12/h2-6,8,18H,7,9H2,1H3. The molecule has 7 nitrogen and oxygen atoms in total. The number of nitrogens with one attached hydrogen (secondary N) is 1. The molecule has 0 saturated heterocycles. The van der Waals surface area contributed by atoms with Gasteiger partial charge in [0, 0.05) is 13.5 Å². The molecule has 0 bridgehead atoms. The van der Waals surface area contributed by atoms with Gasteiger partial charge in [0.2, 0.25) is 16.8 Å². The Hall–Kier alpha value is -2.36. The van der Waals surface area contributed by atoms with E-state index in [4.69, 9.17) is 13.9 Å². The van der Waals surface area contributed by atoms with Crippen molar-refractivity contribution in [3.05, 3.63) is 48.0 Å². The fourth-order valence-corrected chi connectivity index (χ4v) is 4.69. The smallest absolute Gasteiger partial charge is 0.250 e. The van der Waals surface area contributed by atoms with Crippen LogP contribution >= 0.6 is 11.3 Å². The van der Waals surface area contributed by atoms with E-state index < -0.39 is 10.0 Å². The summed E-state index contributed by atoms with van der Waals surface area (Å²) >= 11 is 1.13. The molecule has 0 fully saturated rings. The first-order valence-corrected chi connectivity index (χ1v) is 9.72. The predicted molar refractivity (Wildman–Crippen MR) is 91.1 cm³/mol. The lowest BCUT2D eigenvalue weighted by Gasteiger charge is -2.06. The highest BCUT2D eigenvalue weighted by Gasteiger charge is 2.19. The summed E-state index contributed by atoms with van der Waals surface area (Å²) in [7, 11) is -3.62. The molecular weight excluding hydrogens is 364 g/mol. The summed E-state index contributed by atoms with van der Waals surface area (Å²) in [6, 6.07) is 8.59. The molecule has 0 amide bonds. The third-order valence-corrected chi connectivity index (χ3v) is 6.61. The highest BCUT2D eigenvalue weighted by Crippen LogP contribution is 2.33. The quantitative estimate of drug-likeness (QED) is 0.734. The Kier molecular flexibility index (Phi) is 3.98. The molecule has 1 N–H and O–H groups in total. The van der Waals surface area contributed by atoms with Crippen LogP contribution in [-0.2, 0) is 16.6 Å². The van der Waals surface area contributed by atoms with Gasteiger partial charge < -0.3 is 13.9 Å². The van der Waals surface area contributed by atoms with Gasteiger partial charge >= 0.3 is 0 Å². The Morgan fingerprint density at radius 1 is 1.20 bits per heavy atom. The van der Waals surface area contributed by atoms with E-state index in [0.29, 0.717) is 28.0 Å². The zero-order valence-corrected chi connectivity index (χ0v) is 14.8. The molecule has 3 heterocycles. The van der Waals surface area contributed by atoms with E-state index in [9.17, 15) is 8.42 Å². The van der Waals surface area contributed by atoms with Crippen LogP contribution in [0, 0.1) is 6.92 Å². The van der Waals surface area contributed by atoms with Crippen molar-refractivity contribution in [2.75, 3.05) is 6.79 Å². The van der Waals surface area contributed by atoms with Crippen LogP contribution in [-0.4, -0.2) is 20.2 Å². The molecule has 1 aliphatic rings. The monoisotopic (exact) mass is 378 g/mol. The molecule has 4 rings (SSSR count). The van der Waals surface area contributed by atoms with E-state index >= 15 is 0 Å². The number of hydrogen-bond donors (Lipinski definition) is 1. The second-order valence-corrected chi connectivity index (χ2v) is 8.45. The van der Waals surface area contributed by atoms with Gasteiger partial charge in [-0.25, -0.2) is 18.1 Å². The van der Waals surface area contributed by atoms with Crippen LogP contribution in [0.25, 0.3) is 10.6 Å². The molecular formula is C16H14N2O5S2. The molecule has 0 radical (unpaired) electrons. The van der Waals surface area contributed by atoms with Crippen LogP contribution in [0.15, 0.2) is 45.2 Å². The number of nitrogens with zero attached hydrogens (tertiary/aromatic N) is 1. The van der Waals surface area contributed by atoms with Crippen LogP contribution in [0.2, 0.25) is 0 Å². The summed E-state index contributed by atoms with van der Waals surface area (Å²) in [5.41, 5.74) is 0.787. The molecule has 25 heavy (non-hydrogen) atoms. The molecule has 3 aromatic rings. The van der Waals surface area contributed by atoms with Crippen molar-refractivity contribution in [3.63, 3.8) is 0 Å². The highest BCUT2D eigenvalue weighted by molar-refractivity contribution is 7.91. The topological polar surface area (TPSA) is 90.7 Å². The summed E-state index contributed by atoms with van der Waals surface area (Å²) in [5.74, 6) is 2.38. The Morgan fingerprint density at radius 3 is 2.84 bits per heavy atom. The van der Waals surface area contributed by atoms with Crippen molar-refractivity contribution >= 4 is 21.4 Å². The van der Waals surface area contributed by atoms with Crippen LogP contribution < -0.4 is 14.2 Å². The maximum absolute atomic E-state index is 12.5. The van der Waals surface area contributed by atoms with E-state index in [-0.39, 0.29) is 17.5 Å². The minimum Gasteiger partial charge on any atom is -0.454 e. The first-order chi connectivity index (χ1) is 12.0. The van der Waals surface area contributed by atoms with Gasteiger partial charge in [0.15, 0.2) is 23.1 Å². The number of rotatable bonds is 5. The molecule has 0 spiro atoms. The van der Waals surface area contributed by atoms with Crippen LogP contribution in [0.4, 0.5) is 0 Å². The van der Waals surface area contributed by atoms with Crippen LogP contribution in [0.1, 0.15) is 11.5 Å². The van der Waals surface area contributed by atoms with Crippen molar-refractivity contribution in [1.82, 2.24) is 9.71 Å². The first-order valence-electron chi connectivity index (χ1n) is 7.42. The van der Waals surface area contributed by atoms with E-state index in [1.165, 1.54) is 0 Å². The summed E-state index contributed by atoms with van der Waals surface area (Å²) in [6.07, 6.45) is 1.58. The maximum atomic E-state index is 12.5. The number of oxazole rings is 1. The van der Waals surface area contributed by atoms with Crippen LogP contribution in [0.5, 0.6) is 11.5 Å². The fourth-order valence-electron chi connectivity index (χ4n) is 2.37. The van der Waals surface area contributed by atoms with E-state index in [0.717, 1.165) is 16.9 Å². The van der Waals surface area contributed by atoms with Crippen molar-refractivity contribution in [2.24, 2.45) is 0 Å². The van der Waals surface area contributed by atoms with Crippen molar-refractivity contribution < 1.29 is 22.3 Å². The number of sulfonamides is 1. The Morgan fingerprint density at radius 2 is 2.04 bits per heavy atom. The molecule has 9 heteroatoms. The van der Waals surface area contributed by atoms with Gasteiger partial charge in [-0.05, 0) is 29.8 Å². The fraction of sp³-hybridized carbons (Fsp3) is 0.188. The first kappa shape index (κ1) is 16.1. The average molecular weight is 378 g/mol. The van der Waals surface area contributed by atoms with Gasteiger partial charge in [-0.2, -0.15) is 0 Å². The number of aryl methyl sites for hydroxylation is 1. The summed E-state index contributed by atoms with van der Waals surface area (Å²) in [5, 5.41) is 0. The molecule has 0 saturated carbocycles. The molecule has 2 aromatic heterocycles. The highest BCUT2D eigenvalue weighted by atomic mass is 32.2. The van der Waals surface area contributed by atoms with E-state index in [2.05, 4.69) is 9.71 Å². The number of ether oxygens (including phenoxy) is 2. The second-order valence-electron chi connectivity index (χ2n) is 5.37. The number of benzene rings is 1. The minimum atomic E-state index is -3.62. The minimum absolute atomic E-state index is 0.160. The number of thiophene rings is 1. The maximum Gasteiger partial charge on any atom is 0.250 e. The van der Waals surface area contributed by atoms with Gasteiger partial charge in [0.25, 0.3) is 0 Å². The van der Waals surface area contributed by atoms with Crippen LogP contribution in [0.3, 0.4) is 0 Å². The zero-order valence-electron chi connectivity index (χ0n) is 13.2. The third-order valence-electron chi connectivity index (χ3n) is 3.61. The molecule has 0 aliphatic carbocycles. The lowest BCUT2D eigenvalue weighted by molar-refractivity contribution is 0.174. The number of fused-ring (bicyclic) bond motifs is 1. The molecule has 1 aliphatic heterocycles. The Labute approximate surface area is 148 Å². The zero-order chi connectivity index (χ0) is 17.4. The van der Waals surface area contributed by atoms with E-state index in [1.807, 2.05) is 0 Å². The van der Waals surface area contributed by atoms with Gasteiger partial charge in [0.1, 0.15) is 4.21 Å². The van der Waals surface area contributed by atoms with Gasteiger partial charge in [-0.1, -0.05) is 6.07 Å². The molecule has 1 aromatic carbocycles. The summed E-state index contributed by atoms with van der Waals surface area (Å²) < 4.78 is 43.7. The Bertz CT molecular complexity index is 1020. The SMILES string of the molecule is Cc1ncc(-c2ccc(S(=O)(=O)NCc3ccc4c(c3)OCO4)s2)o1. The van der Waals surface area contributed by atoms with Crippen molar-refractivity contribution in [1.29, 1.82) is 0 Å². The number of aromatic nitrogens is 1. The van der Waals surface area contributed by atoms with Crippen molar-refractivity contribution in [2.45, 2.75) is 17.7 Å².